The minimum atomic E-state index is -0.441. The van der Waals surface area contributed by atoms with Crippen molar-refractivity contribution in [3.8, 4) is 5.82 Å². The Morgan fingerprint density at radius 1 is 1.39 bits per heavy atom. The molecule has 0 aliphatic rings. The lowest BCUT2D eigenvalue weighted by atomic mass is 10.2. The van der Waals surface area contributed by atoms with Crippen molar-refractivity contribution >= 4 is 21.6 Å². The van der Waals surface area contributed by atoms with Gasteiger partial charge in [-0.05, 0) is 42.8 Å². The number of nitro groups is 1. The maximum absolute atomic E-state index is 10.7. The molecule has 0 radical (unpaired) electrons. The van der Waals surface area contributed by atoms with Crippen LogP contribution in [0, 0.1) is 30.9 Å². The van der Waals surface area contributed by atoms with Crippen LogP contribution in [0.5, 0.6) is 0 Å². The highest BCUT2D eigenvalue weighted by molar-refractivity contribution is 9.10. The third kappa shape index (κ3) is 2.01. The van der Waals surface area contributed by atoms with Gasteiger partial charge in [-0.15, -0.1) is 0 Å². The third-order valence-electron chi connectivity index (χ3n) is 2.69. The molecule has 2 aromatic rings. The van der Waals surface area contributed by atoms with E-state index < -0.39 is 4.92 Å². The van der Waals surface area contributed by atoms with Crippen molar-refractivity contribution in [2.24, 2.45) is 0 Å². The normalized spacial score (nSPS) is 10.7. The molecule has 0 saturated carbocycles. The Morgan fingerprint density at radius 3 is 2.50 bits per heavy atom. The van der Waals surface area contributed by atoms with Gasteiger partial charge in [0.1, 0.15) is 6.20 Å². The van der Waals surface area contributed by atoms with Crippen LogP contribution < -0.4 is 0 Å². The average molecular weight is 311 g/mol. The van der Waals surface area contributed by atoms with Gasteiger partial charge in [-0.3, -0.25) is 10.1 Å². The largest absolute Gasteiger partial charge is 0.290 e. The lowest BCUT2D eigenvalue weighted by Gasteiger charge is -2.04. The van der Waals surface area contributed by atoms with Gasteiger partial charge in [-0.1, -0.05) is 0 Å². The zero-order valence-corrected chi connectivity index (χ0v) is 11.7. The second kappa shape index (κ2) is 4.49. The summed E-state index contributed by atoms with van der Waals surface area (Å²) in [5.41, 5.74) is 2.34. The molecule has 94 valence electrons. The summed E-state index contributed by atoms with van der Waals surface area (Å²) >= 11 is 3.43. The summed E-state index contributed by atoms with van der Waals surface area (Å²) in [5, 5.41) is 15.1. The van der Waals surface area contributed by atoms with Crippen LogP contribution in [-0.2, 0) is 0 Å². The molecule has 2 aromatic heterocycles. The first-order chi connectivity index (χ1) is 8.41. The Morgan fingerprint density at radius 2 is 2.06 bits per heavy atom. The number of pyridine rings is 1. The number of nitrogens with zero attached hydrogens (tertiary/aromatic N) is 4. The number of halogens is 1. The van der Waals surface area contributed by atoms with E-state index in [1.54, 1.807) is 17.7 Å². The summed E-state index contributed by atoms with van der Waals surface area (Å²) < 4.78 is 2.58. The van der Waals surface area contributed by atoms with Crippen molar-refractivity contribution in [2.75, 3.05) is 0 Å². The van der Waals surface area contributed by atoms with E-state index in [9.17, 15) is 10.1 Å². The molecule has 0 N–H and O–H groups in total. The maximum atomic E-state index is 10.7. The summed E-state index contributed by atoms with van der Waals surface area (Å²) in [4.78, 5) is 14.4. The van der Waals surface area contributed by atoms with Crippen molar-refractivity contribution in [2.45, 2.75) is 20.8 Å². The molecule has 0 aliphatic heterocycles. The predicted octanol–water partition coefficient (Wildman–Crippen LogP) is 2.86. The predicted molar refractivity (Wildman–Crippen MR) is 69.9 cm³/mol. The van der Waals surface area contributed by atoms with Crippen LogP contribution in [0.25, 0.3) is 5.82 Å². The zero-order valence-electron chi connectivity index (χ0n) is 10.1. The van der Waals surface area contributed by atoms with E-state index in [-0.39, 0.29) is 5.69 Å². The van der Waals surface area contributed by atoms with Gasteiger partial charge in [0.2, 0.25) is 0 Å². The molecule has 6 nitrogen and oxygen atoms in total. The maximum Gasteiger partial charge on any atom is 0.290 e. The summed E-state index contributed by atoms with van der Waals surface area (Å²) in [6, 6.07) is 1.66. The molecule has 0 bridgehead atoms. The zero-order chi connectivity index (χ0) is 13.4. The quantitative estimate of drug-likeness (QED) is 0.631. The van der Waals surface area contributed by atoms with Crippen molar-refractivity contribution < 1.29 is 4.92 Å². The van der Waals surface area contributed by atoms with Crippen LogP contribution in [0.4, 0.5) is 5.69 Å². The highest BCUT2D eigenvalue weighted by atomic mass is 79.9. The van der Waals surface area contributed by atoms with E-state index in [4.69, 9.17) is 0 Å². The molecule has 2 rings (SSSR count). The second-order valence-electron chi connectivity index (χ2n) is 3.98. The summed E-state index contributed by atoms with van der Waals surface area (Å²) in [5.74, 6) is 0.574. The van der Waals surface area contributed by atoms with Gasteiger partial charge in [0.25, 0.3) is 5.69 Å². The smallest absolute Gasteiger partial charge is 0.258 e. The SMILES string of the molecule is Cc1cc(-n2nc(C)c(Br)c2C)ncc1[N+](=O)[O-]. The molecule has 0 fully saturated rings. The molecule has 0 unspecified atom stereocenters. The average Bonchev–Trinajstić information content (AvgIpc) is 2.56. The molecule has 0 amide bonds. The van der Waals surface area contributed by atoms with Gasteiger partial charge in [0.05, 0.1) is 20.8 Å². The Hall–Kier alpha value is -1.76. The first kappa shape index (κ1) is 12.7. The van der Waals surface area contributed by atoms with Crippen LogP contribution in [0.15, 0.2) is 16.7 Å². The molecule has 0 spiro atoms. The number of aromatic nitrogens is 3. The van der Waals surface area contributed by atoms with Crippen LogP contribution in [0.3, 0.4) is 0 Å². The summed E-state index contributed by atoms with van der Waals surface area (Å²) in [6.07, 6.45) is 1.26. The van der Waals surface area contributed by atoms with E-state index in [0.29, 0.717) is 11.4 Å². The Labute approximate surface area is 112 Å². The molecule has 0 aromatic carbocycles. The van der Waals surface area contributed by atoms with E-state index in [1.165, 1.54) is 6.20 Å². The fourth-order valence-electron chi connectivity index (χ4n) is 1.69. The van der Waals surface area contributed by atoms with Crippen molar-refractivity contribution in [1.29, 1.82) is 0 Å². The van der Waals surface area contributed by atoms with E-state index >= 15 is 0 Å². The summed E-state index contributed by atoms with van der Waals surface area (Å²) in [6.45, 7) is 5.47. The lowest BCUT2D eigenvalue weighted by molar-refractivity contribution is -0.385. The van der Waals surface area contributed by atoms with E-state index in [1.807, 2.05) is 13.8 Å². The van der Waals surface area contributed by atoms with Crippen molar-refractivity contribution in [3.63, 3.8) is 0 Å². The first-order valence-electron chi connectivity index (χ1n) is 5.25. The monoisotopic (exact) mass is 310 g/mol. The Kier molecular flexibility index (Phi) is 3.16. The van der Waals surface area contributed by atoms with Crippen LogP contribution in [0.2, 0.25) is 0 Å². The minimum absolute atomic E-state index is 0.0133. The Balaban J connectivity index is 2.55. The number of rotatable bonds is 2. The highest BCUT2D eigenvalue weighted by Gasteiger charge is 2.15. The van der Waals surface area contributed by atoms with Crippen molar-refractivity contribution in [1.82, 2.24) is 14.8 Å². The van der Waals surface area contributed by atoms with Gasteiger partial charge in [-0.2, -0.15) is 5.10 Å². The molecule has 0 aliphatic carbocycles. The molecule has 0 atom stereocenters. The fraction of sp³-hybridized carbons (Fsp3) is 0.273. The summed E-state index contributed by atoms with van der Waals surface area (Å²) in [7, 11) is 0. The molecular formula is C11H11BrN4O2. The van der Waals surface area contributed by atoms with Gasteiger partial charge in [-0.25, -0.2) is 9.67 Å². The number of hydrogen-bond donors (Lipinski definition) is 0. The topological polar surface area (TPSA) is 73.8 Å². The van der Waals surface area contributed by atoms with Crippen LogP contribution in [-0.4, -0.2) is 19.7 Å². The standard InChI is InChI=1S/C11H11BrN4O2/c1-6-4-10(13-5-9(6)16(17)18)15-8(3)11(12)7(2)14-15/h4-5H,1-3H3. The molecule has 0 saturated heterocycles. The molecule has 7 heteroatoms. The van der Waals surface area contributed by atoms with E-state index in [0.717, 1.165) is 15.9 Å². The first-order valence-corrected chi connectivity index (χ1v) is 6.04. The number of aryl methyl sites for hydroxylation is 2. The third-order valence-corrected chi connectivity index (χ3v) is 3.83. The van der Waals surface area contributed by atoms with Gasteiger partial charge >= 0.3 is 0 Å². The van der Waals surface area contributed by atoms with Gasteiger partial charge < -0.3 is 0 Å². The second-order valence-corrected chi connectivity index (χ2v) is 4.78. The van der Waals surface area contributed by atoms with Crippen LogP contribution >= 0.6 is 15.9 Å². The van der Waals surface area contributed by atoms with Gasteiger partial charge in [0.15, 0.2) is 5.82 Å². The lowest BCUT2D eigenvalue weighted by Crippen LogP contribution is -2.03. The van der Waals surface area contributed by atoms with E-state index in [2.05, 4.69) is 26.0 Å². The molecule has 2 heterocycles. The van der Waals surface area contributed by atoms with Crippen molar-refractivity contribution in [3.05, 3.63) is 43.8 Å². The molecular weight excluding hydrogens is 300 g/mol. The fourth-order valence-corrected chi connectivity index (χ4v) is 1.93. The van der Waals surface area contributed by atoms with Crippen LogP contribution in [0.1, 0.15) is 17.0 Å². The minimum Gasteiger partial charge on any atom is -0.258 e. The number of hydrogen-bond acceptors (Lipinski definition) is 4. The molecule has 18 heavy (non-hydrogen) atoms. The highest BCUT2D eigenvalue weighted by Crippen LogP contribution is 2.24. The Bertz CT molecular complexity index is 636. The van der Waals surface area contributed by atoms with Gasteiger partial charge in [0, 0.05) is 5.56 Å².